The molecule has 0 aliphatic carbocycles. The van der Waals surface area contributed by atoms with Crippen molar-refractivity contribution in [3.05, 3.63) is 0 Å². The number of nitrogens with zero attached hydrogens (tertiary/aromatic N) is 2. The lowest BCUT2D eigenvalue weighted by molar-refractivity contribution is 0.204. The molecular weight excluding hydrogens is 244 g/mol. The monoisotopic (exact) mass is 282 g/mol. The predicted molar refractivity (Wildman–Crippen MR) is 90.3 cm³/mol. The summed E-state index contributed by atoms with van der Waals surface area (Å²) in [6.45, 7) is 21.9. The van der Waals surface area contributed by atoms with Gasteiger partial charge in [0.25, 0.3) is 0 Å². The van der Waals surface area contributed by atoms with Gasteiger partial charge in [0.1, 0.15) is 0 Å². The zero-order valence-electron chi connectivity index (χ0n) is 15.0. The van der Waals surface area contributed by atoms with Crippen molar-refractivity contribution in [3.63, 3.8) is 0 Å². The maximum Gasteiger partial charge on any atom is 0.0109 e. The lowest BCUT2D eigenvalue weighted by Crippen LogP contribution is -2.34. The Bertz CT molecular complexity index is 265. The zero-order chi connectivity index (χ0) is 15.2. The summed E-state index contributed by atoms with van der Waals surface area (Å²) in [6.07, 6.45) is 5.29. The molecule has 0 amide bonds. The largest absolute Gasteiger partial charge is 0.302 e. The highest BCUT2D eigenvalue weighted by molar-refractivity contribution is 4.74. The third-order valence-electron chi connectivity index (χ3n) is 4.92. The second-order valence-electron chi connectivity index (χ2n) is 8.62. The topological polar surface area (TPSA) is 6.48 Å². The smallest absolute Gasteiger partial charge is 0.0109 e. The van der Waals surface area contributed by atoms with Gasteiger partial charge < -0.3 is 9.80 Å². The molecule has 0 bridgehead atoms. The maximum absolute atomic E-state index is 2.69. The van der Waals surface area contributed by atoms with Gasteiger partial charge in [-0.15, -0.1) is 0 Å². The molecule has 2 nitrogen and oxygen atoms in total. The molecule has 2 heteroatoms. The van der Waals surface area contributed by atoms with Gasteiger partial charge in [0.2, 0.25) is 0 Å². The molecule has 0 radical (unpaired) electrons. The number of hydrogen-bond acceptors (Lipinski definition) is 2. The van der Waals surface area contributed by atoms with Crippen LogP contribution in [0.5, 0.6) is 0 Å². The van der Waals surface area contributed by atoms with Gasteiger partial charge >= 0.3 is 0 Å². The molecule has 1 aliphatic heterocycles. The van der Waals surface area contributed by atoms with Crippen LogP contribution in [0.15, 0.2) is 0 Å². The highest BCUT2D eigenvalue weighted by atomic mass is 15.2. The normalized spacial score (nSPS) is 20.1. The van der Waals surface area contributed by atoms with E-state index in [4.69, 9.17) is 0 Å². The molecule has 1 rings (SSSR count). The minimum atomic E-state index is 0.469. The SMILES string of the molecule is CCC(C)(C)CCN1CCCN(CCC(C)(C)C)CC1. The molecule has 0 atom stereocenters. The summed E-state index contributed by atoms with van der Waals surface area (Å²) in [7, 11) is 0. The molecule has 1 aliphatic rings. The fraction of sp³-hybridized carbons (Fsp3) is 1.00. The van der Waals surface area contributed by atoms with Crippen LogP contribution in [0.3, 0.4) is 0 Å². The third-order valence-corrected chi connectivity index (χ3v) is 4.92. The molecule has 0 spiro atoms. The summed E-state index contributed by atoms with van der Waals surface area (Å²) >= 11 is 0. The van der Waals surface area contributed by atoms with E-state index < -0.39 is 0 Å². The average molecular weight is 283 g/mol. The van der Waals surface area contributed by atoms with Gasteiger partial charge in [-0.1, -0.05) is 48.0 Å². The van der Waals surface area contributed by atoms with Gasteiger partial charge in [0, 0.05) is 13.1 Å². The summed E-state index contributed by atoms with van der Waals surface area (Å²) in [5.74, 6) is 0. The van der Waals surface area contributed by atoms with Gasteiger partial charge in [0.05, 0.1) is 0 Å². The minimum Gasteiger partial charge on any atom is -0.302 e. The van der Waals surface area contributed by atoms with Crippen molar-refractivity contribution in [1.82, 2.24) is 9.80 Å². The first-order chi connectivity index (χ1) is 9.22. The quantitative estimate of drug-likeness (QED) is 0.718. The van der Waals surface area contributed by atoms with Crippen LogP contribution in [-0.2, 0) is 0 Å². The van der Waals surface area contributed by atoms with Crippen LogP contribution >= 0.6 is 0 Å². The summed E-state index contributed by atoms with van der Waals surface area (Å²) in [4.78, 5) is 5.37. The second kappa shape index (κ2) is 7.79. The molecule has 0 unspecified atom stereocenters. The van der Waals surface area contributed by atoms with Crippen molar-refractivity contribution in [2.45, 2.75) is 67.2 Å². The molecule has 1 fully saturated rings. The number of rotatable bonds is 6. The highest BCUT2D eigenvalue weighted by Crippen LogP contribution is 2.25. The summed E-state index contributed by atoms with van der Waals surface area (Å²) in [5, 5.41) is 0. The minimum absolute atomic E-state index is 0.469. The van der Waals surface area contributed by atoms with E-state index in [-0.39, 0.29) is 0 Å². The van der Waals surface area contributed by atoms with Gasteiger partial charge in [0.15, 0.2) is 0 Å². The van der Waals surface area contributed by atoms with Crippen LogP contribution in [-0.4, -0.2) is 49.1 Å². The molecule has 1 saturated heterocycles. The first kappa shape index (κ1) is 18.0. The lowest BCUT2D eigenvalue weighted by Gasteiger charge is -2.28. The van der Waals surface area contributed by atoms with Gasteiger partial charge in [-0.25, -0.2) is 0 Å². The Labute approximate surface area is 127 Å². The fourth-order valence-electron chi connectivity index (χ4n) is 2.60. The molecule has 120 valence electrons. The van der Waals surface area contributed by atoms with E-state index in [2.05, 4.69) is 51.3 Å². The predicted octanol–water partition coefficient (Wildman–Crippen LogP) is 4.26. The maximum atomic E-state index is 2.69. The molecule has 0 aromatic heterocycles. The molecule has 20 heavy (non-hydrogen) atoms. The Hall–Kier alpha value is -0.0800. The van der Waals surface area contributed by atoms with E-state index in [9.17, 15) is 0 Å². The molecule has 0 aromatic rings. The average Bonchev–Trinajstić information content (AvgIpc) is 2.58. The van der Waals surface area contributed by atoms with Crippen LogP contribution in [0, 0.1) is 10.8 Å². The van der Waals surface area contributed by atoms with Gasteiger partial charge in [-0.05, 0) is 56.3 Å². The molecule has 0 N–H and O–H groups in total. The van der Waals surface area contributed by atoms with Crippen LogP contribution in [0.2, 0.25) is 0 Å². The van der Waals surface area contributed by atoms with Gasteiger partial charge in [-0.2, -0.15) is 0 Å². The van der Waals surface area contributed by atoms with Gasteiger partial charge in [-0.3, -0.25) is 0 Å². The van der Waals surface area contributed by atoms with E-state index in [1.165, 1.54) is 65.0 Å². The Morgan fingerprint density at radius 1 is 0.750 bits per heavy atom. The lowest BCUT2D eigenvalue weighted by atomic mass is 9.86. The van der Waals surface area contributed by atoms with Crippen molar-refractivity contribution in [2.75, 3.05) is 39.3 Å². The Morgan fingerprint density at radius 2 is 1.25 bits per heavy atom. The number of hydrogen-bond donors (Lipinski definition) is 0. The van der Waals surface area contributed by atoms with E-state index in [0.717, 1.165) is 0 Å². The first-order valence-electron chi connectivity index (χ1n) is 8.67. The highest BCUT2D eigenvalue weighted by Gasteiger charge is 2.20. The van der Waals surface area contributed by atoms with E-state index in [0.29, 0.717) is 10.8 Å². The Balaban J connectivity index is 2.29. The summed E-state index contributed by atoms with van der Waals surface area (Å²) in [6, 6.07) is 0. The van der Waals surface area contributed by atoms with Crippen molar-refractivity contribution >= 4 is 0 Å². The van der Waals surface area contributed by atoms with Crippen LogP contribution in [0.25, 0.3) is 0 Å². The molecule has 0 aromatic carbocycles. The molecular formula is C18H38N2. The van der Waals surface area contributed by atoms with E-state index >= 15 is 0 Å². The third kappa shape index (κ3) is 7.64. The van der Waals surface area contributed by atoms with Crippen molar-refractivity contribution in [3.8, 4) is 0 Å². The summed E-state index contributed by atoms with van der Waals surface area (Å²) < 4.78 is 0. The molecule has 0 saturated carbocycles. The summed E-state index contributed by atoms with van der Waals surface area (Å²) in [5.41, 5.74) is 0.982. The van der Waals surface area contributed by atoms with Crippen molar-refractivity contribution < 1.29 is 0 Å². The first-order valence-corrected chi connectivity index (χ1v) is 8.67. The standard InChI is InChI=1S/C18H38N2/c1-7-18(5,6)10-14-20-12-8-11-19(15-16-20)13-9-17(2,3)4/h7-16H2,1-6H3. The van der Waals surface area contributed by atoms with E-state index in [1.54, 1.807) is 0 Å². The van der Waals surface area contributed by atoms with Crippen LogP contribution in [0.4, 0.5) is 0 Å². The van der Waals surface area contributed by atoms with Crippen molar-refractivity contribution in [2.24, 2.45) is 10.8 Å². The Kier molecular flexibility index (Phi) is 7.00. The van der Waals surface area contributed by atoms with Crippen LogP contribution in [0.1, 0.15) is 67.2 Å². The second-order valence-corrected chi connectivity index (χ2v) is 8.62. The van der Waals surface area contributed by atoms with E-state index in [1.807, 2.05) is 0 Å². The Morgan fingerprint density at radius 3 is 1.70 bits per heavy atom. The van der Waals surface area contributed by atoms with Crippen molar-refractivity contribution in [1.29, 1.82) is 0 Å². The molecule has 1 heterocycles. The fourth-order valence-corrected chi connectivity index (χ4v) is 2.60. The zero-order valence-corrected chi connectivity index (χ0v) is 15.0. The van der Waals surface area contributed by atoms with Crippen LogP contribution < -0.4 is 0 Å².